The van der Waals surface area contributed by atoms with Gasteiger partial charge in [0.15, 0.2) is 5.82 Å². The van der Waals surface area contributed by atoms with Gasteiger partial charge >= 0.3 is 0 Å². The number of aryl methyl sites for hydroxylation is 1. The van der Waals surface area contributed by atoms with Crippen molar-refractivity contribution in [3.63, 3.8) is 0 Å². The molecule has 0 unspecified atom stereocenters. The zero-order valence-corrected chi connectivity index (χ0v) is 12.4. The van der Waals surface area contributed by atoms with Crippen molar-refractivity contribution >= 4 is 5.69 Å². The van der Waals surface area contributed by atoms with Crippen molar-refractivity contribution in [3.8, 4) is 11.4 Å². The molecule has 1 aliphatic carbocycles. The van der Waals surface area contributed by atoms with Crippen LogP contribution < -0.4 is 5.73 Å². The van der Waals surface area contributed by atoms with Crippen LogP contribution >= 0.6 is 0 Å². The Morgan fingerprint density at radius 1 is 1.38 bits per heavy atom. The molecule has 21 heavy (non-hydrogen) atoms. The molecule has 1 aromatic heterocycles. The largest absolute Gasteiger partial charge is 0.399 e. The van der Waals surface area contributed by atoms with Crippen LogP contribution in [0.25, 0.3) is 11.4 Å². The third-order valence-electron chi connectivity index (χ3n) is 4.70. The number of halogens is 1. The lowest BCUT2D eigenvalue weighted by molar-refractivity contribution is 0.0948. The van der Waals surface area contributed by atoms with Gasteiger partial charge in [0.1, 0.15) is 5.82 Å². The number of nitrogens with two attached hydrogens (primary N) is 1. The van der Waals surface area contributed by atoms with Crippen molar-refractivity contribution in [2.24, 2.45) is 5.41 Å². The molecule has 112 valence electrons. The average molecular weight is 289 g/mol. The normalized spacial score (nSPS) is 16.7. The van der Waals surface area contributed by atoms with Gasteiger partial charge in [0.2, 0.25) is 0 Å². The van der Waals surface area contributed by atoms with Crippen LogP contribution in [0, 0.1) is 18.2 Å². The van der Waals surface area contributed by atoms with Crippen molar-refractivity contribution in [1.29, 1.82) is 0 Å². The Labute approximate surface area is 123 Å². The highest BCUT2D eigenvalue weighted by Gasteiger charge is 2.36. The first-order valence-electron chi connectivity index (χ1n) is 7.37. The molecule has 2 N–H and O–H groups in total. The lowest BCUT2D eigenvalue weighted by Crippen LogP contribution is -2.34. The van der Waals surface area contributed by atoms with Gasteiger partial charge in [0.05, 0.1) is 12.1 Å². The van der Waals surface area contributed by atoms with Crippen LogP contribution in [0.4, 0.5) is 10.1 Å². The van der Waals surface area contributed by atoms with Crippen LogP contribution in [0.5, 0.6) is 0 Å². The van der Waals surface area contributed by atoms with E-state index in [0.29, 0.717) is 22.6 Å². The van der Waals surface area contributed by atoms with Crippen LogP contribution in [-0.2, 0) is 6.54 Å². The Balaban J connectivity index is 1.99. The first kappa shape index (κ1) is 14.0. The van der Waals surface area contributed by atoms with Gasteiger partial charge in [-0.1, -0.05) is 13.3 Å². The Bertz CT molecular complexity index is 655. The molecule has 0 radical (unpaired) electrons. The number of tetrazole rings is 1. The zero-order valence-electron chi connectivity index (χ0n) is 12.4. The van der Waals surface area contributed by atoms with Gasteiger partial charge in [-0.3, -0.25) is 0 Å². The molecule has 1 aromatic carbocycles. The fourth-order valence-electron chi connectivity index (χ4n) is 3.08. The maximum Gasteiger partial charge on any atom is 0.185 e. The van der Waals surface area contributed by atoms with Gasteiger partial charge in [-0.15, -0.1) is 5.10 Å². The number of hydrogen-bond acceptors (Lipinski definition) is 4. The molecule has 0 aliphatic heterocycles. The van der Waals surface area contributed by atoms with E-state index < -0.39 is 0 Å². The van der Waals surface area contributed by atoms with E-state index in [0.717, 1.165) is 13.0 Å². The molecule has 3 rings (SSSR count). The predicted molar refractivity (Wildman–Crippen MR) is 78.9 cm³/mol. The lowest BCUT2D eigenvalue weighted by atomic mass is 9.67. The molecule has 0 atom stereocenters. The number of hydrogen-bond donors (Lipinski definition) is 1. The average Bonchev–Trinajstić information content (AvgIpc) is 2.86. The van der Waals surface area contributed by atoms with Crippen molar-refractivity contribution in [2.45, 2.75) is 46.1 Å². The molecule has 0 spiro atoms. The predicted octanol–water partition coefficient (Wildman–Crippen LogP) is 2.95. The van der Waals surface area contributed by atoms with Crippen molar-refractivity contribution in [2.75, 3.05) is 5.73 Å². The summed E-state index contributed by atoms with van der Waals surface area (Å²) in [7, 11) is 0. The summed E-state index contributed by atoms with van der Waals surface area (Å²) in [6.07, 6.45) is 4.70. The monoisotopic (exact) mass is 289 g/mol. The van der Waals surface area contributed by atoms with Crippen LogP contribution in [0.3, 0.4) is 0 Å². The smallest absolute Gasteiger partial charge is 0.185 e. The molecule has 1 fully saturated rings. The molecule has 1 saturated carbocycles. The molecule has 2 aromatic rings. The molecule has 0 saturated heterocycles. The zero-order chi connectivity index (χ0) is 15.0. The Morgan fingerprint density at radius 2 is 2.14 bits per heavy atom. The molecule has 0 bridgehead atoms. The summed E-state index contributed by atoms with van der Waals surface area (Å²) < 4.78 is 16.1. The number of aromatic nitrogens is 4. The second-order valence-corrected chi connectivity index (χ2v) is 6.07. The maximum atomic E-state index is 14.4. The van der Waals surface area contributed by atoms with Crippen molar-refractivity contribution in [3.05, 3.63) is 23.5 Å². The molecule has 5 nitrogen and oxygen atoms in total. The summed E-state index contributed by atoms with van der Waals surface area (Å²) in [5.74, 6) is 0.155. The number of nitrogens with zero attached hydrogens (tertiary/aromatic N) is 4. The van der Waals surface area contributed by atoms with Crippen LogP contribution in [0.2, 0.25) is 0 Å². The van der Waals surface area contributed by atoms with Crippen molar-refractivity contribution < 1.29 is 4.39 Å². The summed E-state index contributed by atoms with van der Waals surface area (Å²) >= 11 is 0. The second kappa shape index (κ2) is 5.09. The first-order valence-corrected chi connectivity index (χ1v) is 7.37. The third kappa shape index (κ3) is 2.39. The van der Waals surface area contributed by atoms with E-state index in [1.165, 1.54) is 19.3 Å². The Morgan fingerprint density at radius 3 is 2.76 bits per heavy atom. The van der Waals surface area contributed by atoms with Crippen LogP contribution in [0.1, 0.15) is 38.2 Å². The molecular weight excluding hydrogens is 269 g/mol. The van der Waals surface area contributed by atoms with Crippen molar-refractivity contribution in [1.82, 2.24) is 20.2 Å². The van der Waals surface area contributed by atoms with Gasteiger partial charge in [0, 0.05) is 5.69 Å². The van der Waals surface area contributed by atoms with E-state index in [4.69, 9.17) is 5.73 Å². The number of rotatable bonds is 4. The standard InChI is InChI=1S/C15H20FN5/c1-3-15(5-4-6-15)9-21-14(18-19-20-21)12-8-11(17)7-10(2)13(12)16/h7-8H,3-6,9,17H2,1-2H3. The minimum Gasteiger partial charge on any atom is -0.399 e. The molecule has 0 amide bonds. The van der Waals surface area contributed by atoms with E-state index in [9.17, 15) is 4.39 Å². The van der Waals surface area contributed by atoms with Crippen LogP contribution in [0.15, 0.2) is 12.1 Å². The summed E-state index contributed by atoms with van der Waals surface area (Å²) in [4.78, 5) is 0. The summed E-state index contributed by atoms with van der Waals surface area (Å²) in [5, 5.41) is 11.8. The van der Waals surface area contributed by atoms with Gasteiger partial charge in [0.25, 0.3) is 0 Å². The first-order chi connectivity index (χ1) is 10.0. The highest BCUT2D eigenvalue weighted by Crippen LogP contribution is 2.45. The highest BCUT2D eigenvalue weighted by molar-refractivity contribution is 5.63. The third-order valence-corrected chi connectivity index (χ3v) is 4.70. The van der Waals surface area contributed by atoms with Gasteiger partial charge < -0.3 is 5.73 Å². The van der Waals surface area contributed by atoms with E-state index >= 15 is 0 Å². The van der Waals surface area contributed by atoms with Crippen LogP contribution in [-0.4, -0.2) is 20.2 Å². The number of anilines is 1. The van der Waals surface area contributed by atoms with E-state index in [2.05, 4.69) is 22.4 Å². The molecule has 6 heteroatoms. The van der Waals surface area contributed by atoms with E-state index in [1.54, 1.807) is 23.7 Å². The SMILES string of the molecule is CCC1(Cn2nnnc2-c2cc(N)cc(C)c2F)CCC1. The minimum atomic E-state index is -0.306. The highest BCUT2D eigenvalue weighted by atomic mass is 19.1. The lowest BCUT2D eigenvalue weighted by Gasteiger charge is -2.41. The maximum absolute atomic E-state index is 14.4. The number of benzene rings is 1. The fourth-order valence-corrected chi connectivity index (χ4v) is 3.08. The van der Waals surface area contributed by atoms with Gasteiger partial charge in [-0.25, -0.2) is 9.07 Å². The fraction of sp³-hybridized carbons (Fsp3) is 0.533. The van der Waals surface area contributed by atoms with Gasteiger partial charge in [-0.05, 0) is 59.7 Å². The number of nitrogen functional groups attached to an aromatic ring is 1. The Kier molecular flexibility index (Phi) is 3.39. The topological polar surface area (TPSA) is 69.6 Å². The quantitative estimate of drug-likeness (QED) is 0.879. The molecular formula is C15H20FN5. The van der Waals surface area contributed by atoms with E-state index in [-0.39, 0.29) is 11.2 Å². The van der Waals surface area contributed by atoms with E-state index in [1.807, 2.05) is 0 Å². The summed E-state index contributed by atoms with van der Waals surface area (Å²) in [6, 6.07) is 3.22. The summed E-state index contributed by atoms with van der Waals surface area (Å²) in [5.41, 5.74) is 7.50. The Hall–Kier alpha value is -1.98. The summed E-state index contributed by atoms with van der Waals surface area (Å²) in [6.45, 7) is 4.62. The van der Waals surface area contributed by atoms with Gasteiger partial charge in [-0.2, -0.15) is 0 Å². The molecule has 1 aliphatic rings. The molecule has 1 heterocycles. The second-order valence-electron chi connectivity index (χ2n) is 6.07. The minimum absolute atomic E-state index is 0.260.